The van der Waals surface area contributed by atoms with Gasteiger partial charge in [-0.3, -0.25) is 9.69 Å². The number of ether oxygens (including phenoxy) is 1. The third-order valence-electron chi connectivity index (χ3n) is 3.81. The topological polar surface area (TPSA) is 49.9 Å². The third-order valence-corrected chi connectivity index (χ3v) is 3.81. The summed E-state index contributed by atoms with van der Waals surface area (Å²) in [7, 11) is 1.25. The molecule has 0 spiro atoms. The molecule has 96 valence electrons. The van der Waals surface area contributed by atoms with Crippen LogP contribution in [0.2, 0.25) is 0 Å². The van der Waals surface area contributed by atoms with E-state index in [0.717, 1.165) is 19.5 Å². The normalized spacial score (nSPS) is 29.6. The minimum Gasteiger partial charge on any atom is -0.462 e. The van der Waals surface area contributed by atoms with Crippen LogP contribution in [-0.4, -0.2) is 60.5 Å². The standard InChI is InChI=1S/C12H20N2O3/c1-9-7-13-6-4-3-5-10(13)8-14(9)11(15)12(16)17-2/h9-10H,3-8H2,1-2H3. The number of rotatable bonds is 0. The van der Waals surface area contributed by atoms with Crippen LogP contribution in [-0.2, 0) is 14.3 Å². The average molecular weight is 240 g/mol. The Bertz CT molecular complexity index is 319. The lowest BCUT2D eigenvalue weighted by Gasteiger charge is -2.47. The van der Waals surface area contributed by atoms with Crippen LogP contribution in [0.1, 0.15) is 26.2 Å². The molecule has 2 saturated heterocycles. The Hall–Kier alpha value is -1.10. The van der Waals surface area contributed by atoms with Crippen molar-refractivity contribution in [3.63, 3.8) is 0 Å². The fourth-order valence-corrected chi connectivity index (χ4v) is 2.84. The fraction of sp³-hybridized carbons (Fsp3) is 0.833. The Balaban J connectivity index is 2.04. The van der Waals surface area contributed by atoms with Crippen LogP contribution in [0.15, 0.2) is 0 Å². The van der Waals surface area contributed by atoms with Gasteiger partial charge < -0.3 is 9.64 Å². The molecule has 0 saturated carbocycles. The van der Waals surface area contributed by atoms with Crippen LogP contribution in [0.4, 0.5) is 0 Å². The maximum atomic E-state index is 11.8. The molecule has 0 bridgehead atoms. The number of amides is 1. The summed E-state index contributed by atoms with van der Waals surface area (Å²) in [6, 6.07) is 0.518. The molecule has 2 unspecified atom stereocenters. The molecule has 2 heterocycles. The monoisotopic (exact) mass is 240 g/mol. The Kier molecular flexibility index (Phi) is 3.66. The first-order valence-electron chi connectivity index (χ1n) is 6.26. The van der Waals surface area contributed by atoms with E-state index >= 15 is 0 Å². The lowest BCUT2D eigenvalue weighted by atomic mass is 9.97. The number of piperazine rings is 1. The van der Waals surface area contributed by atoms with Gasteiger partial charge in [0.1, 0.15) is 0 Å². The number of nitrogens with zero attached hydrogens (tertiary/aromatic N) is 2. The first kappa shape index (κ1) is 12.4. The molecule has 0 N–H and O–H groups in total. The van der Waals surface area contributed by atoms with Gasteiger partial charge in [0, 0.05) is 25.2 Å². The van der Waals surface area contributed by atoms with Crippen molar-refractivity contribution in [1.82, 2.24) is 9.80 Å². The molecule has 1 amide bonds. The fourth-order valence-electron chi connectivity index (χ4n) is 2.84. The largest absolute Gasteiger partial charge is 0.462 e. The molecule has 0 radical (unpaired) electrons. The van der Waals surface area contributed by atoms with Gasteiger partial charge in [0.15, 0.2) is 0 Å². The zero-order valence-electron chi connectivity index (χ0n) is 10.5. The van der Waals surface area contributed by atoms with E-state index in [1.807, 2.05) is 6.92 Å². The van der Waals surface area contributed by atoms with E-state index in [4.69, 9.17) is 0 Å². The SMILES string of the molecule is COC(=O)C(=O)N1CC2CCCCN2CC1C. The van der Waals surface area contributed by atoms with E-state index < -0.39 is 11.9 Å². The van der Waals surface area contributed by atoms with Gasteiger partial charge in [-0.15, -0.1) is 0 Å². The smallest absolute Gasteiger partial charge is 0.396 e. The van der Waals surface area contributed by atoms with Gasteiger partial charge >= 0.3 is 11.9 Å². The van der Waals surface area contributed by atoms with E-state index in [1.54, 1.807) is 4.90 Å². The minimum absolute atomic E-state index is 0.0935. The number of carbonyl (C=O) groups excluding carboxylic acids is 2. The third kappa shape index (κ3) is 2.44. The van der Waals surface area contributed by atoms with Gasteiger partial charge in [0.2, 0.25) is 0 Å². The molecule has 2 aliphatic heterocycles. The summed E-state index contributed by atoms with van der Waals surface area (Å²) in [5.41, 5.74) is 0. The van der Waals surface area contributed by atoms with Gasteiger partial charge in [0.25, 0.3) is 0 Å². The van der Waals surface area contributed by atoms with Crippen LogP contribution >= 0.6 is 0 Å². The van der Waals surface area contributed by atoms with Crippen molar-refractivity contribution in [2.75, 3.05) is 26.7 Å². The molecule has 17 heavy (non-hydrogen) atoms. The second-order valence-corrected chi connectivity index (χ2v) is 4.94. The Labute approximate surface area is 102 Å². The highest BCUT2D eigenvalue weighted by molar-refractivity contribution is 6.32. The van der Waals surface area contributed by atoms with Crippen molar-refractivity contribution in [2.45, 2.75) is 38.3 Å². The van der Waals surface area contributed by atoms with Gasteiger partial charge in [-0.2, -0.15) is 0 Å². The number of hydrogen-bond acceptors (Lipinski definition) is 4. The number of piperidine rings is 1. The molecule has 2 rings (SSSR count). The number of fused-ring (bicyclic) bond motifs is 1. The average Bonchev–Trinajstić information content (AvgIpc) is 2.36. The highest BCUT2D eigenvalue weighted by Crippen LogP contribution is 2.24. The summed E-state index contributed by atoms with van der Waals surface area (Å²) in [4.78, 5) is 27.2. The van der Waals surface area contributed by atoms with Crippen LogP contribution in [0, 0.1) is 0 Å². The number of esters is 1. The van der Waals surface area contributed by atoms with Gasteiger partial charge in [0.05, 0.1) is 7.11 Å². The summed E-state index contributed by atoms with van der Waals surface area (Å²) in [6.45, 7) is 4.64. The van der Waals surface area contributed by atoms with E-state index in [0.29, 0.717) is 12.6 Å². The number of methoxy groups -OCH3 is 1. The van der Waals surface area contributed by atoms with Crippen molar-refractivity contribution in [3.05, 3.63) is 0 Å². The molecule has 0 aromatic heterocycles. The quantitative estimate of drug-likeness (QED) is 0.450. The molecule has 0 aliphatic carbocycles. The molecule has 0 aromatic carbocycles. The lowest BCUT2D eigenvalue weighted by molar-refractivity contribution is -0.161. The number of carbonyl (C=O) groups is 2. The Morgan fingerprint density at radius 2 is 2.00 bits per heavy atom. The number of hydrogen-bond donors (Lipinski definition) is 0. The maximum absolute atomic E-state index is 11.8. The van der Waals surface area contributed by atoms with E-state index in [1.165, 1.54) is 20.0 Å². The van der Waals surface area contributed by atoms with Crippen molar-refractivity contribution in [3.8, 4) is 0 Å². The summed E-state index contributed by atoms with van der Waals surface area (Å²) >= 11 is 0. The second kappa shape index (κ2) is 5.04. The van der Waals surface area contributed by atoms with Crippen LogP contribution in [0.3, 0.4) is 0 Å². The molecule has 5 nitrogen and oxygen atoms in total. The second-order valence-electron chi connectivity index (χ2n) is 4.94. The van der Waals surface area contributed by atoms with E-state index in [9.17, 15) is 9.59 Å². The molecule has 2 aliphatic rings. The molecule has 2 fully saturated rings. The Morgan fingerprint density at radius 1 is 1.24 bits per heavy atom. The first-order chi connectivity index (χ1) is 8.13. The molecular formula is C12H20N2O3. The highest BCUT2D eigenvalue weighted by Gasteiger charge is 2.37. The highest BCUT2D eigenvalue weighted by atomic mass is 16.5. The van der Waals surface area contributed by atoms with Crippen molar-refractivity contribution < 1.29 is 14.3 Å². The van der Waals surface area contributed by atoms with Gasteiger partial charge in [-0.05, 0) is 26.3 Å². The zero-order valence-corrected chi connectivity index (χ0v) is 10.5. The Morgan fingerprint density at radius 3 is 2.71 bits per heavy atom. The molecule has 5 heteroatoms. The van der Waals surface area contributed by atoms with Crippen molar-refractivity contribution >= 4 is 11.9 Å². The zero-order chi connectivity index (χ0) is 12.4. The predicted octanol–water partition coefficient (Wildman–Crippen LogP) is 0.245. The predicted molar refractivity (Wildman–Crippen MR) is 62.4 cm³/mol. The van der Waals surface area contributed by atoms with Crippen LogP contribution < -0.4 is 0 Å². The van der Waals surface area contributed by atoms with Crippen molar-refractivity contribution in [2.24, 2.45) is 0 Å². The summed E-state index contributed by atoms with van der Waals surface area (Å²) in [5.74, 6) is -1.24. The summed E-state index contributed by atoms with van der Waals surface area (Å²) in [6.07, 6.45) is 3.58. The maximum Gasteiger partial charge on any atom is 0.396 e. The lowest BCUT2D eigenvalue weighted by Crippen LogP contribution is -2.61. The minimum atomic E-state index is -0.749. The van der Waals surface area contributed by atoms with Crippen LogP contribution in [0.25, 0.3) is 0 Å². The van der Waals surface area contributed by atoms with E-state index in [2.05, 4.69) is 9.64 Å². The van der Waals surface area contributed by atoms with Gasteiger partial charge in [-0.1, -0.05) is 6.42 Å². The van der Waals surface area contributed by atoms with Crippen LogP contribution in [0.5, 0.6) is 0 Å². The van der Waals surface area contributed by atoms with Crippen molar-refractivity contribution in [1.29, 1.82) is 0 Å². The summed E-state index contributed by atoms with van der Waals surface area (Å²) in [5, 5.41) is 0. The molecule has 0 aromatic rings. The first-order valence-corrected chi connectivity index (χ1v) is 6.26. The van der Waals surface area contributed by atoms with E-state index in [-0.39, 0.29) is 6.04 Å². The summed E-state index contributed by atoms with van der Waals surface area (Å²) < 4.78 is 4.51. The van der Waals surface area contributed by atoms with Gasteiger partial charge in [-0.25, -0.2) is 4.79 Å². The molecule has 2 atom stereocenters. The molecular weight excluding hydrogens is 220 g/mol.